The van der Waals surface area contributed by atoms with Gasteiger partial charge in [-0.15, -0.1) is 0 Å². The van der Waals surface area contributed by atoms with E-state index in [1.54, 1.807) is 12.1 Å². The summed E-state index contributed by atoms with van der Waals surface area (Å²) in [5, 5.41) is 39.9. The highest BCUT2D eigenvalue weighted by molar-refractivity contribution is 5.97. The number of hydrogen-bond donors (Lipinski definition) is 4. The number of ether oxygens (including phenoxy) is 4. The van der Waals surface area contributed by atoms with E-state index in [-0.39, 0.29) is 5.75 Å². The Hall–Kier alpha value is -1.99. The lowest BCUT2D eigenvalue weighted by molar-refractivity contribution is -0.323. The fraction of sp³-hybridized carbons (Fsp3) is 0.562. The molecule has 2 aliphatic heterocycles. The Bertz CT molecular complexity index is 683. The van der Waals surface area contributed by atoms with E-state index in [0.29, 0.717) is 11.4 Å². The first kappa shape index (κ1) is 19.8. The van der Waals surface area contributed by atoms with Crippen molar-refractivity contribution in [3.63, 3.8) is 0 Å². The molecule has 2 aliphatic rings. The number of carbonyl (C=O) groups excluding carboxylic acids is 1. The first-order chi connectivity index (χ1) is 12.9. The predicted octanol–water partition coefficient (Wildman–Crippen LogP) is -1.88. The standard InChI is InChI=1S/C16H21NO10/c1-23-7-3-4-8-9(5-7)25-16(14(22)17(8)24-2)27-15-13(21)12(20)11(19)10(6-18)26-15/h3-5,10-13,15-16,18-21H,6H2,1-2H3/t10-,11-,12+,13-,15+,16-/m1/s1. The molecule has 3 rings (SSSR count). The number of hydroxylamine groups is 1. The van der Waals surface area contributed by atoms with E-state index in [0.717, 1.165) is 5.06 Å². The molecule has 0 bridgehead atoms. The minimum Gasteiger partial charge on any atom is -0.497 e. The predicted molar refractivity (Wildman–Crippen MR) is 86.8 cm³/mol. The number of benzene rings is 1. The lowest BCUT2D eigenvalue weighted by atomic mass is 9.99. The SMILES string of the molecule is COc1ccc2c(c1)O[C@H](O[C@@H]1O[C@H](CO)[C@@H](O)[C@H](O)[C@H]1O)C(=O)N2OC. The van der Waals surface area contributed by atoms with E-state index >= 15 is 0 Å². The van der Waals surface area contributed by atoms with Crippen LogP contribution in [0.1, 0.15) is 0 Å². The number of rotatable bonds is 5. The van der Waals surface area contributed by atoms with Gasteiger partial charge in [-0.2, -0.15) is 5.06 Å². The second-order valence-corrected chi connectivity index (χ2v) is 5.93. The van der Waals surface area contributed by atoms with Gasteiger partial charge < -0.3 is 39.4 Å². The van der Waals surface area contributed by atoms with Gasteiger partial charge in [0, 0.05) is 6.07 Å². The fourth-order valence-electron chi connectivity index (χ4n) is 2.84. The van der Waals surface area contributed by atoms with E-state index in [4.69, 9.17) is 23.8 Å². The Morgan fingerprint density at radius 2 is 1.89 bits per heavy atom. The minimum absolute atomic E-state index is 0.213. The van der Waals surface area contributed by atoms with Gasteiger partial charge in [0.2, 0.25) is 0 Å². The number of nitrogens with zero attached hydrogens (tertiary/aromatic N) is 1. The van der Waals surface area contributed by atoms with Crippen LogP contribution in [-0.2, 0) is 19.1 Å². The van der Waals surface area contributed by atoms with Crippen LogP contribution in [0.3, 0.4) is 0 Å². The first-order valence-electron chi connectivity index (χ1n) is 8.10. The molecular weight excluding hydrogens is 366 g/mol. The summed E-state index contributed by atoms with van der Waals surface area (Å²) in [7, 11) is 2.74. The fourth-order valence-corrected chi connectivity index (χ4v) is 2.84. The zero-order valence-electron chi connectivity index (χ0n) is 14.6. The zero-order chi connectivity index (χ0) is 19.7. The van der Waals surface area contributed by atoms with Gasteiger partial charge in [-0.3, -0.25) is 9.63 Å². The van der Waals surface area contributed by atoms with Crippen LogP contribution in [-0.4, -0.2) is 84.2 Å². The van der Waals surface area contributed by atoms with Crippen molar-refractivity contribution in [2.24, 2.45) is 0 Å². The smallest absolute Gasteiger partial charge is 0.320 e. The molecule has 0 saturated carbocycles. The van der Waals surface area contributed by atoms with Gasteiger partial charge in [0.15, 0.2) is 12.0 Å². The quantitative estimate of drug-likeness (QED) is 0.453. The first-order valence-corrected chi connectivity index (χ1v) is 8.10. The maximum atomic E-state index is 12.6. The highest BCUT2D eigenvalue weighted by Gasteiger charge is 2.47. The Labute approximate surface area is 154 Å². The highest BCUT2D eigenvalue weighted by Crippen LogP contribution is 2.38. The number of aliphatic hydroxyl groups is 4. The molecule has 1 amide bonds. The molecule has 2 heterocycles. The zero-order valence-corrected chi connectivity index (χ0v) is 14.6. The van der Waals surface area contributed by atoms with Crippen molar-refractivity contribution in [2.75, 3.05) is 25.9 Å². The number of methoxy groups -OCH3 is 1. The number of carbonyl (C=O) groups is 1. The molecule has 0 unspecified atom stereocenters. The number of hydrogen-bond acceptors (Lipinski definition) is 10. The third-order valence-corrected chi connectivity index (χ3v) is 4.31. The number of fused-ring (bicyclic) bond motifs is 1. The van der Waals surface area contributed by atoms with E-state index in [2.05, 4.69) is 0 Å². The van der Waals surface area contributed by atoms with Crippen LogP contribution in [0.5, 0.6) is 11.5 Å². The van der Waals surface area contributed by atoms with Gasteiger partial charge in [0.25, 0.3) is 6.29 Å². The molecule has 6 atom stereocenters. The Kier molecular flexibility index (Phi) is 5.81. The number of aliphatic hydroxyl groups excluding tert-OH is 4. The molecule has 1 aromatic carbocycles. The highest BCUT2D eigenvalue weighted by atomic mass is 16.8. The van der Waals surface area contributed by atoms with Crippen molar-refractivity contribution < 1.29 is 49.0 Å². The van der Waals surface area contributed by atoms with Crippen LogP contribution in [0.4, 0.5) is 5.69 Å². The summed E-state index contributed by atoms with van der Waals surface area (Å²) in [6.45, 7) is -0.630. The van der Waals surface area contributed by atoms with Gasteiger partial charge in [0.1, 0.15) is 35.9 Å². The summed E-state index contributed by atoms with van der Waals surface area (Å²) < 4.78 is 21.3. The van der Waals surface area contributed by atoms with Crippen LogP contribution in [0, 0.1) is 0 Å². The third kappa shape index (κ3) is 3.58. The number of amides is 1. The molecule has 27 heavy (non-hydrogen) atoms. The number of anilines is 1. The van der Waals surface area contributed by atoms with Crippen LogP contribution in [0.2, 0.25) is 0 Å². The van der Waals surface area contributed by atoms with Gasteiger partial charge in [0.05, 0.1) is 20.8 Å². The van der Waals surface area contributed by atoms with E-state index < -0.39 is 49.5 Å². The minimum atomic E-state index is -1.68. The molecule has 11 nitrogen and oxygen atoms in total. The molecular formula is C16H21NO10. The average Bonchev–Trinajstić information content (AvgIpc) is 2.68. The Morgan fingerprint density at radius 1 is 1.15 bits per heavy atom. The third-order valence-electron chi connectivity index (χ3n) is 4.31. The molecule has 11 heteroatoms. The normalized spacial score (nSPS) is 33.4. The molecule has 150 valence electrons. The Morgan fingerprint density at radius 3 is 2.52 bits per heavy atom. The van der Waals surface area contributed by atoms with Crippen molar-refractivity contribution in [1.82, 2.24) is 0 Å². The van der Waals surface area contributed by atoms with Crippen molar-refractivity contribution >= 4 is 11.6 Å². The van der Waals surface area contributed by atoms with Gasteiger partial charge in [-0.25, -0.2) is 0 Å². The second kappa shape index (κ2) is 7.94. The van der Waals surface area contributed by atoms with Crippen LogP contribution in [0.15, 0.2) is 18.2 Å². The maximum absolute atomic E-state index is 12.6. The van der Waals surface area contributed by atoms with Crippen molar-refractivity contribution in [3.05, 3.63) is 18.2 Å². The molecule has 1 aromatic rings. The van der Waals surface area contributed by atoms with Gasteiger partial charge in [-0.1, -0.05) is 0 Å². The molecule has 1 saturated heterocycles. The molecule has 0 spiro atoms. The van der Waals surface area contributed by atoms with E-state index in [1.165, 1.54) is 20.3 Å². The van der Waals surface area contributed by atoms with Crippen molar-refractivity contribution in [2.45, 2.75) is 37.0 Å². The van der Waals surface area contributed by atoms with Crippen molar-refractivity contribution in [1.29, 1.82) is 0 Å². The molecule has 0 radical (unpaired) electrons. The van der Waals surface area contributed by atoms with Crippen LogP contribution in [0.25, 0.3) is 0 Å². The monoisotopic (exact) mass is 387 g/mol. The summed E-state index contributed by atoms with van der Waals surface area (Å²) in [6, 6.07) is 4.68. The van der Waals surface area contributed by atoms with Crippen LogP contribution >= 0.6 is 0 Å². The lowest BCUT2D eigenvalue weighted by Gasteiger charge is -2.41. The largest absolute Gasteiger partial charge is 0.497 e. The van der Waals surface area contributed by atoms with E-state index in [1.807, 2.05) is 0 Å². The topological polar surface area (TPSA) is 147 Å². The summed E-state index contributed by atoms with van der Waals surface area (Å²) >= 11 is 0. The molecule has 0 aromatic heterocycles. The van der Waals surface area contributed by atoms with Gasteiger partial charge in [-0.05, 0) is 12.1 Å². The second-order valence-electron chi connectivity index (χ2n) is 5.93. The summed E-state index contributed by atoms with van der Waals surface area (Å²) in [4.78, 5) is 17.7. The average molecular weight is 387 g/mol. The van der Waals surface area contributed by atoms with Gasteiger partial charge >= 0.3 is 5.91 Å². The van der Waals surface area contributed by atoms with Crippen LogP contribution < -0.4 is 14.5 Å². The maximum Gasteiger partial charge on any atom is 0.320 e. The molecule has 4 N–H and O–H groups in total. The lowest BCUT2D eigenvalue weighted by Crippen LogP contribution is -2.61. The molecule has 1 fully saturated rings. The van der Waals surface area contributed by atoms with E-state index in [9.17, 15) is 25.2 Å². The molecule has 0 aliphatic carbocycles. The van der Waals surface area contributed by atoms with Crippen molar-refractivity contribution in [3.8, 4) is 11.5 Å². The Balaban J connectivity index is 1.83. The summed E-state index contributed by atoms with van der Waals surface area (Å²) in [5.41, 5.74) is 0.317. The summed E-state index contributed by atoms with van der Waals surface area (Å²) in [5.74, 6) is -0.0664. The summed E-state index contributed by atoms with van der Waals surface area (Å²) in [6.07, 6.45) is -9.18.